The fraction of sp³-hybridized carbons (Fsp3) is 0. The summed E-state index contributed by atoms with van der Waals surface area (Å²) in [5.41, 5.74) is 8.28. The first-order valence-corrected chi connectivity index (χ1v) is 13.6. The summed E-state index contributed by atoms with van der Waals surface area (Å²) in [6, 6.07) is 42.1. The number of aromatic nitrogens is 6. The highest BCUT2D eigenvalue weighted by molar-refractivity contribution is 5.74. The molecule has 0 bridgehead atoms. The smallest absolute Gasteiger partial charge is 0.164 e. The summed E-state index contributed by atoms with van der Waals surface area (Å²) in [5, 5.41) is 0. The molecule has 7 rings (SSSR count). The van der Waals surface area contributed by atoms with Crippen LogP contribution in [-0.4, -0.2) is 29.9 Å². The topological polar surface area (TPSA) is 77.3 Å². The molecule has 0 aliphatic carbocycles. The summed E-state index contributed by atoms with van der Waals surface area (Å²) in [6.07, 6.45) is 5.39. The molecule has 0 radical (unpaired) electrons. The van der Waals surface area contributed by atoms with Crippen LogP contribution in [-0.2, 0) is 0 Å². The quantitative estimate of drug-likeness (QED) is 0.212. The van der Waals surface area contributed by atoms with E-state index in [1.54, 1.807) is 18.6 Å². The van der Waals surface area contributed by atoms with Gasteiger partial charge in [0.2, 0.25) is 0 Å². The average Bonchev–Trinajstić information content (AvgIpc) is 3.09. The second-order valence-corrected chi connectivity index (χ2v) is 9.69. The Bertz CT molecular complexity index is 1730. The van der Waals surface area contributed by atoms with Crippen LogP contribution in [0, 0.1) is 0 Å². The van der Waals surface area contributed by atoms with Gasteiger partial charge in [0.25, 0.3) is 0 Å². The first-order valence-electron chi connectivity index (χ1n) is 13.6. The number of pyridine rings is 3. The van der Waals surface area contributed by atoms with Gasteiger partial charge in [-0.2, -0.15) is 0 Å². The van der Waals surface area contributed by atoms with Gasteiger partial charge in [-0.15, -0.1) is 0 Å². The van der Waals surface area contributed by atoms with Crippen molar-refractivity contribution in [2.24, 2.45) is 0 Å². The van der Waals surface area contributed by atoms with Gasteiger partial charge in [-0.25, -0.2) is 15.0 Å². The van der Waals surface area contributed by atoms with Gasteiger partial charge in [0.15, 0.2) is 17.5 Å². The van der Waals surface area contributed by atoms with Crippen LogP contribution in [0.5, 0.6) is 0 Å². The van der Waals surface area contributed by atoms with Crippen molar-refractivity contribution in [3.63, 3.8) is 0 Å². The van der Waals surface area contributed by atoms with Crippen molar-refractivity contribution in [1.82, 2.24) is 29.9 Å². The summed E-state index contributed by atoms with van der Waals surface area (Å²) >= 11 is 0. The molecular formula is C36H24N6. The van der Waals surface area contributed by atoms with Crippen LogP contribution in [0.2, 0.25) is 0 Å². The Balaban J connectivity index is 1.38. The first-order chi connectivity index (χ1) is 20.8. The first kappa shape index (κ1) is 25.1. The molecule has 0 N–H and O–H groups in total. The third-order valence-electron chi connectivity index (χ3n) is 6.88. The molecule has 42 heavy (non-hydrogen) atoms. The molecule has 0 fully saturated rings. The van der Waals surface area contributed by atoms with Gasteiger partial charge < -0.3 is 0 Å². The molecule has 0 unspecified atom stereocenters. The predicted molar refractivity (Wildman–Crippen MR) is 166 cm³/mol. The van der Waals surface area contributed by atoms with Crippen molar-refractivity contribution in [1.29, 1.82) is 0 Å². The van der Waals surface area contributed by atoms with Crippen LogP contribution in [0.4, 0.5) is 0 Å². The fourth-order valence-corrected chi connectivity index (χ4v) is 4.82. The lowest BCUT2D eigenvalue weighted by atomic mass is 10.0. The van der Waals surface area contributed by atoms with Crippen LogP contribution in [0.3, 0.4) is 0 Å². The van der Waals surface area contributed by atoms with E-state index < -0.39 is 0 Å². The zero-order chi connectivity index (χ0) is 28.1. The minimum Gasteiger partial charge on any atom is -0.256 e. The second-order valence-electron chi connectivity index (χ2n) is 9.69. The Labute approximate surface area is 243 Å². The average molecular weight is 541 g/mol. The molecule has 6 nitrogen and oxygen atoms in total. The lowest BCUT2D eigenvalue weighted by Gasteiger charge is -2.11. The lowest BCUT2D eigenvalue weighted by Crippen LogP contribution is -2.01. The molecular weight excluding hydrogens is 516 g/mol. The maximum atomic E-state index is 4.97. The monoisotopic (exact) mass is 540 g/mol. The van der Waals surface area contributed by atoms with E-state index in [2.05, 4.69) is 33.2 Å². The van der Waals surface area contributed by atoms with Gasteiger partial charge in [-0.05, 0) is 54.6 Å². The van der Waals surface area contributed by atoms with Crippen molar-refractivity contribution in [2.45, 2.75) is 0 Å². The van der Waals surface area contributed by atoms with Crippen molar-refractivity contribution < 1.29 is 0 Å². The van der Waals surface area contributed by atoms with Gasteiger partial charge in [0.05, 0.1) is 17.1 Å². The van der Waals surface area contributed by atoms with Crippen LogP contribution < -0.4 is 0 Å². The SMILES string of the molecule is c1ccc(-c2cccc(-c3nc(-c4cccc(-c5ccccn5)c4)nc(-c4cccc(-c5ccccn5)c4)n3)c2)nc1. The highest BCUT2D eigenvalue weighted by Crippen LogP contribution is 2.30. The summed E-state index contributed by atoms with van der Waals surface area (Å²) in [5.74, 6) is 1.75. The molecule has 4 heterocycles. The molecule has 6 heteroatoms. The molecule has 0 atom stereocenters. The highest BCUT2D eigenvalue weighted by Gasteiger charge is 2.15. The molecule has 198 valence electrons. The Morgan fingerprint density at radius 1 is 0.286 bits per heavy atom. The summed E-state index contributed by atoms with van der Waals surface area (Å²) in [7, 11) is 0. The highest BCUT2D eigenvalue weighted by atomic mass is 15.0. The zero-order valence-electron chi connectivity index (χ0n) is 22.5. The van der Waals surface area contributed by atoms with Crippen molar-refractivity contribution in [2.75, 3.05) is 0 Å². The van der Waals surface area contributed by atoms with Crippen molar-refractivity contribution in [3.8, 4) is 67.9 Å². The third-order valence-corrected chi connectivity index (χ3v) is 6.88. The van der Waals surface area contributed by atoms with E-state index in [4.69, 9.17) is 15.0 Å². The number of nitrogens with zero attached hydrogens (tertiary/aromatic N) is 6. The maximum Gasteiger partial charge on any atom is 0.164 e. The van der Waals surface area contributed by atoms with Crippen LogP contribution in [0.25, 0.3) is 67.9 Å². The van der Waals surface area contributed by atoms with E-state index in [-0.39, 0.29) is 0 Å². The summed E-state index contributed by atoms with van der Waals surface area (Å²) in [4.78, 5) is 28.5. The Morgan fingerprint density at radius 3 is 0.881 bits per heavy atom. The molecule has 0 saturated heterocycles. The van der Waals surface area contributed by atoms with E-state index in [1.807, 2.05) is 109 Å². The van der Waals surface area contributed by atoms with E-state index in [9.17, 15) is 0 Å². The number of hydrogen-bond acceptors (Lipinski definition) is 6. The molecule has 0 aliphatic heterocycles. The molecule has 0 saturated carbocycles. The minimum absolute atomic E-state index is 0.583. The van der Waals surface area contributed by atoms with Gasteiger partial charge in [-0.1, -0.05) is 72.8 Å². The van der Waals surface area contributed by atoms with Crippen LogP contribution in [0.15, 0.2) is 146 Å². The Hall–Kier alpha value is -5.88. The largest absolute Gasteiger partial charge is 0.256 e. The van der Waals surface area contributed by atoms with Gasteiger partial charge in [0, 0.05) is 52.0 Å². The standard InChI is InChI=1S/C36H24N6/c1-4-19-37-31(16-1)25-10-7-13-28(22-25)34-40-35(29-14-8-11-26(23-29)32-17-2-5-20-38-32)42-36(41-34)30-15-9-12-27(24-30)33-18-3-6-21-39-33/h1-24H. The molecule has 4 aromatic heterocycles. The maximum absolute atomic E-state index is 4.97. The predicted octanol–water partition coefficient (Wildman–Crippen LogP) is 8.06. The van der Waals surface area contributed by atoms with Crippen LogP contribution in [0.1, 0.15) is 0 Å². The van der Waals surface area contributed by atoms with Crippen LogP contribution >= 0.6 is 0 Å². The number of hydrogen-bond donors (Lipinski definition) is 0. The number of benzene rings is 3. The minimum atomic E-state index is 0.583. The van der Waals surface area contributed by atoms with Crippen molar-refractivity contribution >= 4 is 0 Å². The van der Waals surface area contributed by atoms with E-state index >= 15 is 0 Å². The summed E-state index contributed by atoms with van der Waals surface area (Å²) < 4.78 is 0. The Kier molecular flexibility index (Phi) is 6.76. The van der Waals surface area contributed by atoms with Gasteiger partial charge in [-0.3, -0.25) is 15.0 Å². The lowest BCUT2D eigenvalue weighted by molar-refractivity contribution is 1.07. The number of rotatable bonds is 6. The van der Waals surface area contributed by atoms with Gasteiger partial charge >= 0.3 is 0 Å². The molecule has 0 amide bonds. The second kappa shape index (κ2) is 11.3. The summed E-state index contributed by atoms with van der Waals surface area (Å²) in [6.45, 7) is 0. The van der Waals surface area contributed by atoms with E-state index in [0.29, 0.717) is 17.5 Å². The fourth-order valence-electron chi connectivity index (χ4n) is 4.82. The molecule has 0 spiro atoms. The molecule has 7 aromatic rings. The third kappa shape index (κ3) is 5.29. The van der Waals surface area contributed by atoms with Crippen molar-refractivity contribution in [3.05, 3.63) is 146 Å². The molecule has 0 aliphatic rings. The van der Waals surface area contributed by atoms with E-state index in [0.717, 1.165) is 50.5 Å². The van der Waals surface area contributed by atoms with Gasteiger partial charge in [0.1, 0.15) is 0 Å². The Morgan fingerprint density at radius 2 is 0.595 bits per heavy atom. The van der Waals surface area contributed by atoms with E-state index in [1.165, 1.54) is 0 Å². The normalized spacial score (nSPS) is 10.9. The molecule has 3 aromatic carbocycles. The zero-order valence-corrected chi connectivity index (χ0v) is 22.5.